The molecule has 0 bridgehead atoms. The summed E-state index contributed by atoms with van der Waals surface area (Å²) in [6, 6.07) is 9.23. The molecule has 26 heavy (non-hydrogen) atoms. The van der Waals surface area contributed by atoms with Crippen LogP contribution in [-0.2, 0) is 9.59 Å². The minimum atomic E-state index is -0.772. The topological polar surface area (TPSA) is 86.7 Å². The third-order valence-corrected chi connectivity index (χ3v) is 5.07. The molecule has 1 heterocycles. The Morgan fingerprint density at radius 3 is 2.54 bits per heavy atom. The van der Waals surface area contributed by atoms with Crippen molar-refractivity contribution in [1.82, 2.24) is 5.32 Å². The molecule has 132 valence electrons. The van der Waals surface area contributed by atoms with Gasteiger partial charge in [0.1, 0.15) is 11.3 Å². The van der Waals surface area contributed by atoms with Gasteiger partial charge in [0.05, 0.1) is 9.26 Å². The summed E-state index contributed by atoms with van der Waals surface area (Å²) >= 11 is 1.95. The van der Waals surface area contributed by atoms with E-state index in [0.29, 0.717) is 14.8 Å². The van der Waals surface area contributed by atoms with Crippen molar-refractivity contribution in [3.05, 3.63) is 62.2 Å². The van der Waals surface area contributed by atoms with Gasteiger partial charge in [-0.2, -0.15) is 0 Å². The van der Waals surface area contributed by atoms with E-state index in [9.17, 15) is 19.5 Å². The highest BCUT2D eigenvalue weighted by molar-refractivity contribution is 14.1. The zero-order valence-corrected chi connectivity index (χ0v) is 16.2. The summed E-state index contributed by atoms with van der Waals surface area (Å²) in [7, 11) is 0. The molecule has 1 aliphatic heterocycles. The Labute approximate surface area is 163 Å². The number of nitrogens with one attached hydrogen (secondary N) is 1. The predicted molar refractivity (Wildman–Crippen MR) is 106 cm³/mol. The number of phenolic OH excluding ortho intramolecular Hbond substituents is 1. The third kappa shape index (κ3) is 3.22. The molecule has 1 aliphatic rings. The highest BCUT2D eigenvalue weighted by atomic mass is 127. The van der Waals surface area contributed by atoms with Gasteiger partial charge >= 0.3 is 6.03 Å². The molecule has 6 nitrogen and oxygen atoms in total. The Bertz CT molecular complexity index is 981. The van der Waals surface area contributed by atoms with Crippen molar-refractivity contribution in [2.45, 2.75) is 13.8 Å². The SMILES string of the molecule is Cc1cccc(N2C(=O)NC(=O)/C(=C/c3ccc(O)c(I)c3)C2=O)c1C. The highest BCUT2D eigenvalue weighted by Gasteiger charge is 2.37. The lowest BCUT2D eigenvalue weighted by Gasteiger charge is -2.28. The largest absolute Gasteiger partial charge is 0.507 e. The molecule has 3 rings (SSSR count). The van der Waals surface area contributed by atoms with E-state index in [2.05, 4.69) is 5.32 Å². The molecule has 0 atom stereocenters. The second-order valence-corrected chi connectivity index (χ2v) is 7.05. The molecule has 0 aromatic heterocycles. The van der Waals surface area contributed by atoms with Crippen LogP contribution in [0.25, 0.3) is 6.08 Å². The number of nitrogens with zero attached hydrogens (tertiary/aromatic N) is 1. The van der Waals surface area contributed by atoms with Gasteiger partial charge in [0, 0.05) is 0 Å². The van der Waals surface area contributed by atoms with Gasteiger partial charge in [0.15, 0.2) is 0 Å². The Morgan fingerprint density at radius 2 is 1.85 bits per heavy atom. The van der Waals surface area contributed by atoms with Crippen molar-refractivity contribution in [3.8, 4) is 5.75 Å². The minimum absolute atomic E-state index is 0.111. The number of benzene rings is 2. The molecule has 4 amide bonds. The van der Waals surface area contributed by atoms with Gasteiger partial charge in [-0.05, 0) is 77.4 Å². The average Bonchev–Trinajstić information content (AvgIpc) is 2.58. The lowest BCUT2D eigenvalue weighted by atomic mass is 10.0. The number of carbonyl (C=O) groups excluding carboxylic acids is 3. The number of halogens is 1. The second-order valence-electron chi connectivity index (χ2n) is 5.89. The fourth-order valence-electron chi connectivity index (χ4n) is 2.63. The molecule has 0 unspecified atom stereocenters. The summed E-state index contributed by atoms with van der Waals surface area (Å²) in [6.45, 7) is 3.69. The maximum absolute atomic E-state index is 12.9. The van der Waals surface area contributed by atoms with Crippen LogP contribution in [0.3, 0.4) is 0 Å². The Hall–Kier alpha value is -2.68. The first-order valence-corrected chi connectivity index (χ1v) is 8.83. The van der Waals surface area contributed by atoms with E-state index in [-0.39, 0.29) is 11.3 Å². The van der Waals surface area contributed by atoms with Crippen molar-refractivity contribution in [1.29, 1.82) is 0 Å². The van der Waals surface area contributed by atoms with Gasteiger partial charge in [-0.3, -0.25) is 14.9 Å². The van der Waals surface area contributed by atoms with Crippen molar-refractivity contribution in [2.24, 2.45) is 0 Å². The van der Waals surface area contributed by atoms with E-state index in [1.54, 1.807) is 24.3 Å². The van der Waals surface area contributed by atoms with E-state index in [1.165, 1.54) is 12.1 Å². The van der Waals surface area contributed by atoms with Gasteiger partial charge in [-0.25, -0.2) is 9.69 Å². The zero-order valence-electron chi connectivity index (χ0n) is 14.0. The van der Waals surface area contributed by atoms with Gasteiger partial charge < -0.3 is 5.11 Å². The van der Waals surface area contributed by atoms with Crippen LogP contribution in [-0.4, -0.2) is 23.0 Å². The Balaban J connectivity index is 2.07. The first kappa shape index (κ1) is 18.1. The fourth-order valence-corrected chi connectivity index (χ4v) is 3.17. The quantitative estimate of drug-likeness (QED) is 0.408. The number of barbiturate groups is 1. The standard InChI is InChI=1S/C19H15IN2O4/c1-10-4-3-5-15(11(10)2)22-18(25)13(17(24)21-19(22)26)8-12-6-7-16(23)14(20)9-12/h3-9,23H,1-2H3,(H,21,24,26)/b13-8-. The number of anilines is 1. The molecule has 0 radical (unpaired) electrons. The molecule has 0 saturated carbocycles. The number of aryl methyl sites for hydroxylation is 1. The van der Waals surface area contributed by atoms with E-state index in [0.717, 1.165) is 16.0 Å². The Morgan fingerprint density at radius 1 is 1.12 bits per heavy atom. The number of carbonyl (C=O) groups is 3. The van der Waals surface area contributed by atoms with Crippen molar-refractivity contribution < 1.29 is 19.5 Å². The van der Waals surface area contributed by atoms with Crippen LogP contribution in [0.4, 0.5) is 10.5 Å². The molecule has 1 saturated heterocycles. The summed E-state index contributed by atoms with van der Waals surface area (Å²) in [5.41, 5.74) is 2.57. The molecule has 0 aliphatic carbocycles. The maximum Gasteiger partial charge on any atom is 0.335 e. The maximum atomic E-state index is 12.9. The van der Waals surface area contributed by atoms with Gasteiger partial charge in [-0.1, -0.05) is 18.2 Å². The van der Waals surface area contributed by atoms with Gasteiger partial charge in [0.2, 0.25) is 0 Å². The molecule has 2 aromatic carbocycles. The summed E-state index contributed by atoms with van der Waals surface area (Å²) in [6.07, 6.45) is 1.41. The summed E-state index contributed by atoms with van der Waals surface area (Å²) in [5.74, 6) is -1.32. The van der Waals surface area contributed by atoms with Gasteiger partial charge in [0.25, 0.3) is 11.8 Å². The van der Waals surface area contributed by atoms with Crippen LogP contribution in [0.15, 0.2) is 42.0 Å². The number of urea groups is 1. The van der Waals surface area contributed by atoms with E-state index in [4.69, 9.17) is 0 Å². The smallest absolute Gasteiger partial charge is 0.335 e. The van der Waals surface area contributed by atoms with Crippen LogP contribution >= 0.6 is 22.6 Å². The van der Waals surface area contributed by atoms with Crippen LogP contribution < -0.4 is 10.2 Å². The summed E-state index contributed by atoms with van der Waals surface area (Å²) in [4.78, 5) is 38.4. The van der Waals surface area contributed by atoms with Crippen LogP contribution in [0.2, 0.25) is 0 Å². The number of hydrogen-bond donors (Lipinski definition) is 2. The summed E-state index contributed by atoms with van der Waals surface area (Å²) in [5, 5.41) is 11.8. The lowest BCUT2D eigenvalue weighted by Crippen LogP contribution is -2.54. The minimum Gasteiger partial charge on any atom is -0.507 e. The monoisotopic (exact) mass is 462 g/mol. The molecule has 7 heteroatoms. The van der Waals surface area contributed by atoms with Crippen molar-refractivity contribution >= 4 is 52.2 Å². The highest BCUT2D eigenvalue weighted by Crippen LogP contribution is 2.27. The zero-order chi connectivity index (χ0) is 19.0. The normalized spacial score (nSPS) is 16.2. The first-order valence-electron chi connectivity index (χ1n) is 7.76. The van der Waals surface area contributed by atoms with E-state index < -0.39 is 17.8 Å². The first-order chi connectivity index (χ1) is 12.3. The molecular weight excluding hydrogens is 447 g/mol. The summed E-state index contributed by atoms with van der Waals surface area (Å²) < 4.78 is 0.586. The molecule has 2 aromatic rings. The molecular formula is C19H15IN2O4. The number of rotatable bonds is 2. The van der Waals surface area contributed by atoms with Crippen LogP contribution in [0, 0.1) is 17.4 Å². The second kappa shape index (κ2) is 6.91. The third-order valence-electron chi connectivity index (χ3n) is 4.20. The molecule has 1 fully saturated rings. The predicted octanol–water partition coefficient (Wildman–Crippen LogP) is 3.28. The Kier molecular flexibility index (Phi) is 4.82. The average molecular weight is 462 g/mol. The van der Waals surface area contributed by atoms with E-state index in [1.807, 2.05) is 42.5 Å². The number of aromatic hydroxyl groups is 1. The van der Waals surface area contributed by atoms with Crippen LogP contribution in [0.1, 0.15) is 16.7 Å². The van der Waals surface area contributed by atoms with E-state index >= 15 is 0 Å². The molecule has 2 N–H and O–H groups in total. The number of hydrogen-bond acceptors (Lipinski definition) is 4. The van der Waals surface area contributed by atoms with Crippen LogP contribution in [0.5, 0.6) is 5.75 Å². The number of amides is 4. The van der Waals surface area contributed by atoms with Crippen molar-refractivity contribution in [2.75, 3.05) is 4.90 Å². The number of imide groups is 2. The lowest BCUT2D eigenvalue weighted by molar-refractivity contribution is -0.122. The number of phenols is 1. The van der Waals surface area contributed by atoms with Crippen molar-refractivity contribution in [3.63, 3.8) is 0 Å². The molecule has 0 spiro atoms. The fraction of sp³-hybridized carbons (Fsp3) is 0.105. The van der Waals surface area contributed by atoms with Gasteiger partial charge in [-0.15, -0.1) is 0 Å².